The number of benzene rings is 1. The van der Waals surface area contributed by atoms with Crippen LogP contribution in [0.15, 0.2) is 71.6 Å². The van der Waals surface area contributed by atoms with E-state index in [1.807, 2.05) is 49.4 Å². The Labute approximate surface area is 164 Å². The van der Waals surface area contributed by atoms with Crippen LogP contribution in [0.1, 0.15) is 15.9 Å². The highest BCUT2D eigenvalue weighted by Crippen LogP contribution is 2.26. The summed E-state index contributed by atoms with van der Waals surface area (Å²) in [5.41, 5.74) is 4.02. The molecule has 0 spiro atoms. The van der Waals surface area contributed by atoms with Gasteiger partial charge in [0.1, 0.15) is 5.82 Å². The molecule has 4 aromatic rings. The van der Waals surface area contributed by atoms with Crippen LogP contribution in [-0.2, 0) is 0 Å². The van der Waals surface area contributed by atoms with Crippen LogP contribution in [0.5, 0.6) is 0 Å². The zero-order valence-electron chi connectivity index (χ0n) is 14.5. The van der Waals surface area contributed by atoms with E-state index in [-0.39, 0.29) is 5.91 Å². The molecular weight excluding hydrogens is 404 g/mol. The van der Waals surface area contributed by atoms with Gasteiger partial charge in [-0.3, -0.25) is 9.78 Å². The number of rotatable bonds is 3. The molecule has 3 aromatic heterocycles. The predicted molar refractivity (Wildman–Crippen MR) is 110 cm³/mol. The van der Waals surface area contributed by atoms with Gasteiger partial charge in [0.05, 0.1) is 16.8 Å². The zero-order valence-corrected chi connectivity index (χ0v) is 16.1. The third-order valence-electron chi connectivity index (χ3n) is 4.15. The van der Waals surface area contributed by atoms with E-state index < -0.39 is 0 Å². The molecule has 0 aliphatic carbocycles. The molecule has 6 heteroatoms. The number of aromatic nitrogens is 3. The Kier molecular flexibility index (Phi) is 4.64. The summed E-state index contributed by atoms with van der Waals surface area (Å²) in [4.78, 5) is 26.0. The number of aryl methyl sites for hydroxylation is 1. The minimum Gasteiger partial charge on any atom is -0.307 e. The van der Waals surface area contributed by atoms with E-state index in [1.165, 1.54) is 0 Å². The smallest absolute Gasteiger partial charge is 0.257 e. The van der Waals surface area contributed by atoms with Gasteiger partial charge >= 0.3 is 0 Å². The minimum absolute atomic E-state index is 0.224. The summed E-state index contributed by atoms with van der Waals surface area (Å²) in [5, 5.41) is 3.67. The third-order valence-corrected chi connectivity index (χ3v) is 4.62. The SMILES string of the molecule is Cc1ccc2nc(-c3ccncc3)cc(C(=O)Nc3ccc(Br)cn3)c2c1. The second kappa shape index (κ2) is 7.25. The summed E-state index contributed by atoms with van der Waals surface area (Å²) in [5.74, 6) is 0.268. The second-order valence-electron chi connectivity index (χ2n) is 6.13. The van der Waals surface area contributed by atoms with Crippen molar-refractivity contribution < 1.29 is 4.79 Å². The summed E-state index contributed by atoms with van der Waals surface area (Å²) >= 11 is 3.34. The van der Waals surface area contributed by atoms with Gasteiger partial charge in [0.2, 0.25) is 0 Å². The van der Waals surface area contributed by atoms with Crippen LogP contribution in [0, 0.1) is 6.92 Å². The summed E-state index contributed by atoms with van der Waals surface area (Å²) < 4.78 is 0.852. The normalized spacial score (nSPS) is 10.7. The first-order valence-corrected chi connectivity index (χ1v) is 9.14. The fourth-order valence-electron chi connectivity index (χ4n) is 2.83. The fraction of sp³-hybridized carbons (Fsp3) is 0.0476. The molecule has 5 nitrogen and oxygen atoms in total. The van der Waals surface area contributed by atoms with Gasteiger partial charge in [0.25, 0.3) is 5.91 Å². The van der Waals surface area contributed by atoms with Gasteiger partial charge in [-0.15, -0.1) is 0 Å². The molecule has 27 heavy (non-hydrogen) atoms. The van der Waals surface area contributed by atoms with E-state index in [0.29, 0.717) is 11.4 Å². The molecule has 0 aliphatic heterocycles. The Balaban J connectivity index is 1.82. The Hall–Kier alpha value is -3.12. The largest absolute Gasteiger partial charge is 0.307 e. The third kappa shape index (κ3) is 3.71. The molecule has 0 saturated heterocycles. The molecule has 0 atom stereocenters. The van der Waals surface area contributed by atoms with Gasteiger partial charge in [-0.25, -0.2) is 9.97 Å². The highest BCUT2D eigenvalue weighted by molar-refractivity contribution is 9.10. The molecule has 4 rings (SSSR count). The zero-order chi connectivity index (χ0) is 18.8. The van der Waals surface area contributed by atoms with Crippen molar-refractivity contribution in [2.45, 2.75) is 6.92 Å². The summed E-state index contributed by atoms with van der Waals surface area (Å²) in [7, 11) is 0. The van der Waals surface area contributed by atoms with Crippen molar-refractivity contribution in [3.63, 3.8) is 0 Å². The molecule has 3 heterocycles. The molecule has 0 unspecified atom stereocenters. The number of carbonyl (C=O) groups is 1. The van der Waals surface area contributed by atoms with Crippen molar-refractivity contribution in [2.75, 3.05) is 5.32 Å². The number of amides is 1. The highest BCUT2D eigenvalue weighted by Gasteiger charge is 2.15. The number of hydrogen-bond donors (Lipinski definition) is 1. The lowest BCUT2D eigenvalue weighted by Crippen LogP contribution is -2.14. The summed E-state index contributed by atoms with van der Waals surface area (Å²) in [6.45, 7) is 1.99. The number of anilines is 1. The lowest BCUT2D eigenvalue weighted by Gasteiger charge is -2.11. The lowest BCUT2D eigenvalue weighted by atomic mass is 10.0. The van der Waals surface area contributed by atoms with E-state index in [9.17, 15) is 4.79 Å². The molecular formula is C21H15BrN4O. The maximum atomic E-state index is 13.0. The maximum absolute atomic E-state index is 13.0. The molecule has 0 saturated carbocycles. The Morgan fingerprint density at radius 1 is 1.04 bits per heavy atom. The van der Waals surface area contributed by atoms with E-state index in [0.717, 1.165) is 32.2 Å². The second-order valence-corrected chi connectivity index (χ2v) is 7.04. The van der Waals surface area contributed by atoms with Crippen molar-refractivity contribution in [2.24, 2.45) is 0 Å². The number of fused-ring (bicyclic) bond motifs is 1. The Morgan fingerprint density at radius 2 is 1.85 bits per heavy atom. The molecule has 0 aliphatic rings. The van der Waals surface area contributed by atoms with E-state index >= 15 is 0 Å². The van der Waals surface area contributed by atoms with Crippen LogP contribution in [0.2, 0.25) is 0 Å². The van der Waals surface area contributed by atoms with Crippen molar-refractivity contribution in [3.05, 3.63) is 82.7 Å². The average Bonchev–Trinajstić information content (AvgIpc) is 2.69. The van der Waals surface area contributed by atoms with Gasteiger partial charge < -0.3 is 5.32 Å². The maximum Gasteiger partial charge on any atom is 0.257 e. The first kappa shape index (κ1) is 17.3. The van der Waals surface area contributed by atoms with Crippen molar-refractivity contribution in [1.29, 1.82) is 0 Å². The first-order valence-electron chi connectivity index (χ1n) is 8.35. The standard InChI is InChI=1S/C21H15BrN4O/c1-13-2-4-18-16(10-13)17(11-19(25-18)14-6-8-23-9-7-14)21(27)26-20-5-3-15(22)12-24-20/h2-12H,1H3,(H,24,26,27). The lowest BCUT2D eigenvalue weighted by molar-refractivity contribution is 0.102. The van der Waals surface area contributed by atoms with E-state index in [1.54, 1.807) is 24.7 Å². The van der Waals surface area contributed by atoms with Gasteiger partial charge in [-0.2, -0.15) is 0 Å². The van der Waals surface area contributed by atoms with Crippen molar-refractivity contribution in [3.8, 4) is 11.3 Å². The van der Waals surface area contributed by atoms with E-state index in [4.69, 9.17) is 4.98 Å². The predicted octanol–water partition coefficient (Wildman–Crippen LogP) is 5.02. The molecule has 1 N–H and O–H groups in total. The van der Waals surface area contributed by atoms with Gasteiger partial charge in [-0.05, 0) is 65.3 Å². The van der Waals surface area contributed by atoms with Crippen LogP contribution in [0.25, 0.3) is 22.2 Å². The number of hydrogen-bond acceptors (Lipinski definition) is 4. The Bertz CT molecular complexity index is 1130. The fourth-order valence-corrected chi connectivity index (χ4v) is 3.07. The molecule has 0 bridgehead atoms. The first-order chi connectivity index (χ1) is 13.1. The van der Waals surface area contributed by atoms with Gasteiger partial charge in [-0.1, -0.05) is 11.6 Å². The Morgan fingerprint density at radius 3 is 2.59 bits per heavy atom. The van der Waals surface area contributed by atoms with Crippen molar-refractivity contribution in [1.82, 2.24) is 15.0 Å². The van der Waals surface area contributed by atoms with Crippen molar-refractivity contribution >= 4 is 38.6 Å². The number of halogens is 1. The quantitative estimate of drug-likeness (QED) is 0.507. The summed E-state index contributed by atoms with van der Waals surface area (Å²) in [6.07, 6.45) is 5.07. The average molecular weight is 419 g/mol. The van der Waals surface area contributed by atoms with E-state index in [2.05, 4.69) is 31.2 Å². The number of nitrogens with zero attached hydrogens (tertiary/aromatic N) is 3. The van der Waals surface area contributed by atoms with Crippen LogP contribution < -0.4 is 5.32 Å². The molecule has 0 radical (unpaired) electrons. The monoisotopic (exact) mass is 418 g/mol. The number of pyridine rings is 3. The number of carbonyl (C=O) groups excluding carboxylic acids is 1. The molecule has 132 valence electrons. The minimum atomic E-state index is -0.224. The molecule has 0 fully saturated rings. The van der Waals surface area contributed by atoms with Crippen LogP contribution in [0.3, 0.4) is 0 Å². The number of nitrogens with one attached hydrogen (secondary N) is 1. The molecule has 1 aromatic carbocycles. The van der Waals surface area contributed by atoms with Gasteiger partial charge in [0, 0.05) is 34.0 Å². The van der Waals surface area contributed by atoms with Crippen LogP contribution >= 0.6 is 15.9 Å². The molecule has 1 amide bonds. The topological polar surface area (TPSA) is 67.8 Å². The highest BCUT2D eigenvalue weighted by atomic mass is 79.9. The van der Waals surface area contributed by atoms with Gasteiger partial charge in [0.15, 0.2) is 0 Å². The van der Waals surface area contributed by atoms with Crippen LogP contribution in [0.4, 0.5) is 5.82 Å². The van der Waals surface area contributed by atoms with Crippen LogP contribution in [-0.4, -0.2) is 20.9 Å². The summed E-state index contributed by atoms with van der Waals surface area (Å²) in [6, 6.07) is 15.0.